The molecule has 1 radical (unpaired) electrons. The molecule has 1 aliphatic rings. The van der Waals surface area contributed by atoms with Crippen LogP contribution >= 0.6 is 0 Å². The third-order valence-electron chi connectivity index (χ3n) is 3.45. The van der Waals surface area contributed by atoms with Gasteiger partial charge in [0.15, 0.2) is 0 Å². The maximum absolute atomic E-state index is 11.8. The zero-order valence-corrected chi connectivity index (χ0v) is 11.1. The SMILES string of the molecule is C[C@@H](NC(=O)C[CH]c1ccccc1C(N)=O)C1CC1. The van der Waals surface area contributed by atoms with Crippen molar-refractivity contribution in [3.8, 4) is 0 Å². The molecule has 0 unspecified atom stereocenters. The predicted octanol–water partition coefficient (Wildman–Crippen LogP) is 1.64. The summed E-state index contributed by atoms with van der Waals surface area (Å²) in [4.78, 5) is 23.0. The summed E-state index contributed by atoms with van der Waals surface area (Å²) in [6.07, 6.45) is 4.42. The van der Waals surface area contributed by atoms with E-state index < -0.39 is 5.91 Å². The molecule has 0 aliphatic heterocycles. The van der Waals surface area contributed by atoms with Crippen molar-refractivity contribution in [3.05, 3.63) is 41.8 Å². The minimum Gasteiger partial charge on any atom is -0.366 e. The molecule has 4 heteroatoms. The Morgan fingerprint density at radius 2 is 2.11 bits per heavy atom. The van der Waals surface area contributed by atoms with E-state index in [1.165, 1.54) is 12.8 Å². The van der Waals surface area contributed by atoms with Crippen molar-refractivity contribution in [1.82, 2.24) is 5.32 Å². The topological polar surface area (TPSA) is 72.2 Å². The van der Waals surface area contributed by atoms with E-state index in [-0.39, 0.29) is 18.4 Å². The van der Waals surface area contributed by atoms with Crippen LogP contribution in [0.3, 0.4) is 0 Å². The number of hydrogen-bond donors (Lipinski definition) is 2. The van der Waals surface area contributed by atoms with Gasteiger partial charge in [-0.2, -0.15) is 0 Å². The number of rotatable bonds is 6. The Kier molecular flexibility index (Phi) is 4.20. The molecule has 3 N–H and O–H groups in total. The van der Waals surface area contributed by atoms with Crippen molar-refractivity contribution in [2.45, 2.75) is 32.2 Å². The maximum Gasteiger partial charge on any atom is 0.248 e. The van der Waals surface area contributed by atoms with Gasteiger partial charge in [0.05, 0.1) is 0 Å². The first-order valence-electron chi connectivity index (χ1n) is 6.59. The number of hydrogen-bond acceptors (Lipinski definition) is 2. The van der Waals surface area contributed by atoms with Crippen LogP contribution in [-0.2, 0) is 4.79 Å². The molecule has 0 bridgehead atoms. The van der Waals surface area contributed by atoms with Gasteiger partial charge in [-0.05, 0) is 37.3 Å². The maximum atomic E-state index is 11.8. The molecule has 1 aliphatic carbocycles. The van der Waals surface area contributed by atoms with Crippen LogP contribution in [0.25, 0.3) is 0 Å². The molecule has 1 aromatic rings. The Balaban J connectivity index is 1.87. The number of carbonyl (C=O) groups is 2. The van der Waals surface area contributed by atoms with Crippen LogP contribution in [0.15, 0.2) is 24.3 Å². The average molecular weight is 259 g/mol. The monoisotopic (exact) mass is 259 g/mol. The molecule has 19 heavy (non-hydrogen) atoms. The lowest BCUT2D eigenvalue weighted by Crippen LogP contribution is -2.33. The second kappa shape index (κ2) is 5.87. The minimum atomic E-state index is -0.474. The van der Waals surface area contributed by atoms with Gasteiger partial charge in [0.25, 0.3) is 0 Å². The molecule has 1 fully saturated rings. The number of benzene rings is 1. The first kappa shape index (κ1) is 13.6. The van der Waals surface area contributed by atoms with Crippen molar-refractivity contribution in [2.24, 2.45) is 11.7 Å². The Morgan fingerprint density at radius 1 is 1.42 bits per heavy atom. The highest BCUT2D eigenvalue weighted by Crippen LogP contribution is 2.32. The van der Waals surface area contributed by atoms with Crippen LogP contribution in [0.2, 0.25) is 0 Å². The average Bonchev–Trinajstić information content (AvgIpc) is 3.20. The third kappa shape index (κ3) is 3.81. The van der Waals surface area contributed by atoms with Gasteiger partial charge in [0, 0.05) is 24.4 Å². The number of carbonyl (C=O) groups excluding carboxylic acids is 2. The van der Waals surface area contributed by atoms with Crippen LogP contribution in [-0.4, -0.2) is 17.9 Å². The van der Waals surface area contributed by atoms with Crippen LogP contribution in [0.4, 0.5) is 0 Å². The molecule has 2 rings (SSSR count). The van der Waals surface area contributed by atoms with Gasteiger partial charge in [0.1, 0.15) is 0 Å². The summed E-state index contributed by atoms with van der Waals surface area (Å²) >= 11 is 0. The van der Waals surface area contributed by atoms with Crippen LogP contribution in [0.1, 0.15) is 42.1 Å². The molecule has 0 spiro atoms. The van der Waals surface area contributed by atoms with Gasteiger partial charge in [-0.3, -0.25) is 9.59 Å². The van der Waals surface area contributed by atoms with Gasteiger partial charge < -0.3 is 11.1 Å². The molecular formula is C15H19N2O2. The molecule has 1 aromatic carbocycles. The van der Waals surface area contributed by atoms with Gasteiger partial charge in [-0.1, -0.05) is 18.2 Å². The first-order chi connectivity index (χ1) is 9.08. The van der Waals surface area contributed by atoms with Crippen molar-refractivity contribution >= 4 is 11.8 Å². The van der Waals surface area contributed by atoms with E-state index in [0.717, 1.165) is 0 Å². The second-order valence-corrected chi connectivity index (χ2v) is 5.05. The van der Waals surface area contributed by atoms with E-state index in [1.54, 1.807) is 24.6 Å². The Hall–Kier alpha value is -1.84. The number of nitrogens with two attached hydrogens (primary N) is 1. The molecule has 101 valence electrons. The fourth-order valence-corrected chi connectivity index (χ4v) is 2.13. The van der Waals surface area contributed by atoms with Gasteiger partial charge in [0.2, 0.25) is 11.8 Å². The fourth-order valence-electron chi connectivity index (χ4n) is 2.13. The summed E-state index contributed by atoms with van der Waals surface area (Å²) in [6.45, 7) is 2.03. The summed E-state index contributed by atoms with van der Waals surface area (Å²) in [6, 6.07) is 7.28. The molecular weight excluding hydrogens is 240 g/mol. The molecule has 0 saturated heterocycles. The van der Waals surface area contributed by atoms with Gasteiger partial charge in [-0.15, -0.1) is 0 Å². The van der Waals surface area contributed by atoms with E-state index in [9.17, 15) is 9.59 Å². The Labute approximate surface area is 113 Å². The highest BCUT2D eigenvalue weighted by molar-refractivity contribution is 5.95. The van der Waals surface area contributed by atoms with Gasteiger partial charge >= 0.3 is 0 Å². The van der Waals surface area contributed by atoms with Crippen molar-refractivity contribution in [3.63, 3.8) is 0 Å². The number of nitrogens with one attached hydrogen (secondary N) is 1. The van der Waals surface area contributed by atoms with Gasteiger partial charge in [-0.25, -0.2) is 0 Å². The molecule has 1 saturated carbocycles. The van der Waals surface area contributed by atoms with Crippen molar-refractivity contribution in [2.75, 3.05) is 0 Å². The fraction of sp³-hybridized carbons (Fsp3) is 0.400. The lowest BCUT2D eigenvalue weighted by atomic mass is 10.0. The quantitative estimate of drug-likeness (QED) is 0.815. The lowest BCUT2D eigenvalue weighted by Gasteiger charge is -2.13. The van der Waals surface area contributed by atoms with E-state index in [0.29, 0.717) is 17.0 Å². The largest absolute Gasteiger partial charge is 0.366 e. The van der Waals surface area contributed by atoms with E-state index in [2.05, 4.69) is 5.32 Å². The zero-order chi connectivity index (χ0) is 13.8. The molecule has 0 heterocycles. The van der Waals surface area contributed by atoms with E-state index in [4.69, 9.17) is 5.73 Å². The number of primary amides is 1. The highest BCUT2D eigenvalue weighted by atomic mass is 16.2. The van der Waals surface area contributed by atoms with Crippen LogP contribution < -0.4 is 11.1 Å². The molecule has 2 amide bonds. The lowest BCUT2D eigenvalue weighted by molar-refractivity contribution is -0.121. The predicted molar refractivity (Wildman–Crippen MR) is 73.3 cm³/mol. The van der Waals surface area contributed by atoms with E-state index in [1.807, 2.05) is 13.0 Å². The van der Waals surface area contributed by atoms with Crippen LogP contribution in [0, 0.1) is 12.3 Å². The second-order valence-electron chi connectivity index (χ2n) is 5.05. The zero-order valence-electron chi connectivity index (χ0n) is 11.1. The molecule has 0 aromatic heterocycles. The summed E-state index contributed by atoms with van der Waals surface area (Å²) in [5, 5.41) is 2.97. The summed E-state index contributed by atoms with van der Waals surface area (Å²) < 4.78 is 0. The first-order valence-corrected chi connectivity index (χ1v) is 6.59. The Bertz CT molecular complexity index is 481. The standard InChI is InChI=1S/C15H19N2O2/c1-10(11-6-7-11)17-14(18)9-8-12-4-2-3-5-13(12)15(16)19/h2-5,8,10-11H,6-7,9H2,1H3,(H2,16,19)(H,17,18)/t10-/m1/s1. The van der Waals surface area contributed by atoms with Crippen LogP contribution in [0.5, 0.6) is 0 Å². The van der Waals surface area contributed by atoms with Crippen molar-refractivity contribution in [1.29, 1.82) is 0 Å². The highest BCUT2D eigenvalue weighted by Gasteiger charge is 2.28. The van der Waals surface area contributed by atoms with Crippen molar-refractivity contribution < 1.29 is 9.59 Å². The molecule has 4 nitrogen and oxygen atoms in total. The summed E-state index contributed by atoms with van der Waals surface area (Å²) in [7, 11) is 0. The smallest absolute Gasteiger partial charge is 0.248 e. The molecule has 1 atom stereocenters. The summed E-state index contributed by atoms with van der Waals surface area (Å²) in [5.74, 6) is 0.152. The normalized spacial score (nSPS) is 15.8. The number of amides is 2. The minimum absolute atomic E-state index is 0.0151. The third-order valence-corrected chi connectivity index (χ3v) is 3.45. The Morgan fingerprint density at radius 3 is 2.74 bits per heavy atom. The summed E-state index contributed by atoms with van der Waals surface area (Å²) in [5.41, 5.74) is 6.45. The van der Waals surface area contributed by atoms with E-state index >= 15 is 0 Å².